The van der Waals surface area contributed by atoms with Gasteiger partial charge in [-0.3, -0.25) is 4.90 Å². The first-order chi connectivity index (χ1) is 13.2. The number of nitrogens with zero attached hydrogens (tertiary/aromatic N) is 5. The lowest BCUT2D eigenvalue weighted by Crippen LogP contribution is -2.47. The smallest absolute Gasteiger partial charge is 0.0886 e. The molecule has 0 amide bonds. The van der Waals surface area contributed by atoms with Crippen molar-refractivity contribution in [1.29, 1.82) is 0 Å². The molecule has 27 heavy (non-hydrogen) atoms. The lowest BCUT2D eigenvalue weighted by molar-refractivity contribution is 0.244. The van der Waals surface area contributed by atoms with Crippen molar-refractivity contribution in [1.82, 2.24) is 19.9 Å². The van der Waals surface area contributed by atoms with E-state index in [0.717, 1.165) is 45.0 Å². The van der Waals surface area contributed by atoms with Crippen LogP contribution < -0.4 is 4.90 Å². The van der Waals surface area contributed by atoms with Crippen LogP contribution in [-0.2, 0) is 6.54 Å². The molecule has 0 aliphatic carbocycles. The van der Waals surface area contributed by atoms with Crippen molar-refractivity contribution in [2.24, 2.45) is 0 Å². The van der Waals surface area contributed by atoms with Gasteiger partial charge in [-0.05, 0) is 37.1 Å². The second kappa shape index (κ2) is 7.92. The standard InChI is InChI=1S/C22H27N5/c1-18-8-9-21(16-19(18)2)26-13-10-25(11-14-26)12-15-27-22(17-23-24-27)20-6-4-3-5-7-20/h3-9,16-17H,10-15H2,1-2H3. The first-order valence-electron chi connectivity index (χ1n) is 9.69. The average Bonchev–Trinajstić information content (AvgIpc) is 3.18. The highest BCUT2D eigenvalue weighted by molar-refractivity contribution is 5.57. The number of piperazine rings is 1. The summed E-state index contributed by atoms with van der Waals surface area (Å²) in [7, 11) is 0. The largest absolute Gasteiger partial charge is 0.369 e. The molecule has 2 aromatic carbocycles. The lowest BCUT2D eigenvalue weighted by atomic mass is 10.1. The van der Waals surface area contributed by atoms with Gasteiger partial charge in [0.2, 0.25) is 0 Å². The maximum Gasteiger partial charge on any atom is 0.0886 e. The van der Waals surface area contributed by atoms with Crippen LogP contribution in [0.4, 0.5) is 5.69 Å². The van der Waals surface area contributed by atoms with Crippen LogP contribution in [0.5, 0.6) is 0 Å². The van der Waals surface area contributed by atoms with Gasteiger partial charge in [0.05, 0.1) is 18.4 Å². The summed E-state index contributed by atoms with van der Waals surface area (Å²) in [6.07, 6.45) is 1.85. The molecule has 4 rings (SSSR count). The van der Waals surface area contributed by atoms with Crippen LogP contribution >= 0.6 is 0 Å². The number of rotatable bonds is 5. The fourth-order valence-corrected chi connectivity index (χ4v) is 3.64. The predicted molar refractivity (Wildman–Crippen MR) is 110 cm³/mol. The van der Waals surface area contributed by atoms with Crippen LogP contribution in [-0.4, -0.2) is 52.6 Å². The molecule has 0 N–H and O–H groups in total. The second-order valence-corrected chi connectivity index (χ2v) is 7.31. The average molecular weight is 361 g/mol. The van der Waals surface area contributed by atoms with Gasteiger partial charge in [-0.1, -0.05) is 41.6 Å². The molecule has 0 saturated carbocycles. The Morgan fingerprint density at radius 1 is 0.852 bits per heavy atom. The van der Waals surface area contributed by atoms with E-state index in [9.17, 15) is 0 Å². The van der Waals surface area contributed by atoms with Crippen LogP contribution in [0, 0.1) is 13.8 Å². The number of benzene rings is 2. The van der Waals surface area contributed by atoms with Crippen molar-refractivity contribution in [3.8, 4) is 11.3 Å². The summed E-state index contributed by atoms with van der Waals surface area (Å²) >= 11 is 0. The van der Waals surface area contributed by atoms with Crippen molar-refractivity contribution < 1.29 is 0 Å². The van der Waals surface area contributed by atoms with Crippen molar-refractivity contribution in [3.63, 3.8) is 0 Å². The van der Waals surface area contributed by atoms with Gasteiger partial charge >= 0.3 is 0 Å². The number of anilines is 1. The highest BCUT2D eigenvalue weighted by atomic mass is 15.4. The SMILES string of the molecule is Cc1ccc(N2CCN(CCn3nncc3-c3ccccc3)CC2)cc1C. The first-order valence-corrected chi connectivity index (χ1v) is 9.69. The Morgan fingerprint density at radius 3 is 2.37 bits per heavy atom. The molecule has 2 heterocycles. The molecule has 0 unspecified atom stereocenters. The molecule has 1 aliphatic heterocycles. The summed E-state index contributed by atoms with van der Waals surface area (Å²) in [5.41, 5.74) is 6.33. The van der Waals surface area contributed by atoms with Gasteiger partial charge in [-0.25, -0.2) is 4.68 Å². The molecule has 1 aromatic heterocycles. The second-order valence-electron chi connectivity index (χ2n) is 7.31. The minimum atomic E-state index is 0.869. The Kier molecular flexibility index (Phi) is 5.21. The lowest BCUT2D eigenvalue weighted by Gasteiger charge is -2.36. The number of hydrogen-bond donors (Lipinski definition) is 0. The summed E-state index contributed by atoms with van der Waals surface area (Å²) < 4.78 is 2.02. The van der Waals surface area contributed by atoms with Gasteiger partial charge in [0.1, 0.15) is 0 Å². The van der Waals surface area contributed by atoms with E-state index in [1.807, 2.05) is 16.9 Å². The van der Waals surface area contributed by atoms with Gasteiger partial charge in [-0.15, -0.1) is 5.10 Å². The minimum absolute atomic E-state index is 0.869. The van der Waals surface area contributed by atoms with E-state index in [2.05, 4.69) is 76.4 Å². The predicted octanol–water partition coefficient (Wildman–Crippen LogP) is 3.38. The zero-order valence-electron chi connectivity index (χ0n) is 16.2. The van der Waals surface area contributed by atoms with Crippen LogP contribution in [0.25, 0.3) is 11.3 Å². The summed E-state index contributed by atoms with van der Waals surface area (Å²) in [5, 5.41) is 8.40. The third kappa shape index (κ3) is 4.03. The Hall–Kier alpha value is -2.66. The van der Waals surface area contributed by atoms with E-state index in [-0.39, 0.29) is 0 Å². The van der Waals surface area contributed by atoms with Crippen molar-refractivity contribution in [3.05, 3.63) is 65.9 Å². The highest BCUT2D eigenvalue weighted by Crippen LogP contribution is 2.21. The number of hydrogen-bond acceptors (Lipinski definition) is 4. The fraction of sp³-hybridized carbons (Fsp3) is 0.364. The molecule has 1 aliphatic rings. The van der Waals surface area contributed by atoms with E-state index in [1.54, 1.807) is 0 Å². The van der Waals surface area contributed by atoms with Gasteiger partial charge < -0.3 is 4.90 Å². The highest BCUT2D eigenvalue weighted by Gasteiger charge is 2.18. The van der Waals surface area contributed by atoms with Crippen LogP contribution in [0.2, 0.25) is 0 Å². The van der Waals surface area contributed by atoms with E-state index in [0.29, 0.717) is 0 Å². The molecular weight excluding hydrogens is 334 g/mol. The molecule has 1 saturated heterocycles. The molecule has 3 aromatic rings. The Morgan fingerprint density at radius 2 is 1.63 bits per heavy atom. The number of aromatic nitrogens is 3. The van der Waals surface area contributed by atoms with Gasteiger partial charge in [0.15, 0.2) is 0 Å². The third-order valence-electron chi connectivity index (χ3n) is 5.54. The van der Waals surface area contributed by atoms with Crippen LogP contribution in [0.1, 0.15) is 11.1 Å². The Bertz CT molecular complexity index is 879. The summed E-state index contributed by atoms with van der Waals surface area (Å²) in [6, 6.07) is 17.2. The monoisotopic (exact) mass is 361 g/mol. The van der Waals surface area contributed by atoms with Gasteiger partial charge in [0.25, 0.3) is 0 Å². The molecule has 5 heteroatoms. The molecular formula is C22H27N5. The van der Waals surface area contributed by atoms with Gasteiger partial charge in [-0.2, -0.15) is 0 Å². The third-order valence-corrected chi connectivity index (χ3v) is 5.54. The zero-order valence-corrected chi connectivity index (χ0v) is 16.2. The normalized spacial score (nSPS) is 15.3. The molecule has 1 fully saturated rings. The van der Waals surface area contributed by atoms with Crippen molar-refractivity contribution in [2.45, 2.75) is 20.4 Å². The van der Waals surface area contributed by atoms with E-state index in [1.165, 1.54) is 22.4 Å². The fourth-order valence-electron chi connectivity index (χ4n) is 3.64. The topological polar surface area (TPSA) is 37.2 Å². The molecule has 140 valence electrons. The molecule has 0 bridgehead atoms. The zero-order chi connectivity index (χ0) is 18.6. The van der Waals surface area contributed by atoms with E-state index >= 15 is 0 Å². The maximum absolute atomic E-state index is 4.29. The molecule has 0 atom stereocenters. The van der Waals surface area contributed by atoms with Crippen molar-refractivity contribution in [2.75, 3.05) is 37.6 Å². The summed E-state index contributed by atoms with van der Waals surface area (Å²) in [5.74, 6) is 0. The van der Waals surface area contributed by atoms with Crippen molar-refractivity contribution >= 4 is 5.69 Å². The van der Waals surface area contributed by atoms with E-state index < -0.39 is 0 Å². The molecule has 5 nitrogen and oxygen atoms in total. The van der Waals surface area contributed by atoms with Crippen LogP contribution in [0.15, 0.2) is 54.7 Å². The Balaban J connectivity index is 1.33. The minimum Gasteiger partial charge on any atom is -0.369 e. The quantitative estimate of drug-likeness (QED) is 0.698. The van der Waals surface area contributed by atoms with Crippen LogP contribution in [0.3, 0.4) is 0 Å². The van der Waals surface area contributed by atoms with Gasteiger partial charge in [0, 0.05) is 44.0 Å². The summed E-state index contributed by atoms with van der Waals surface area (Å²) in [4.78, 5) is 5.02. The molecule has 0 spiro atoms. The summed E-state index contributed by atoms with van der Waals surface area (Å²) in [6.45, 7) is 10.6. The Labute approximate surface area is 161 Å². The molecule has 0 radical (unpaired) electrons. The maximum atomic E-state index is 4.29. The van der Waals surface area contributed by atoms with E-state index in [4.69, 9.17) is 0 Å². The first kappa shape index (κ1) is 17.7. The number of aryl methyl sites for hydroxylation is 2.